The topological polar surface area (TPSA) is 119 Å². The Hall–Kier alpha value is -4.10. The second kappa shape index (κ2) is 9.18. The van der Waals surface area contributed by atoms with E-state index in [0.717, 1.165) is 22.4 Å². The maximum absolute atomic E-state index is 13.3. The van der Waals surface area contributed by atoms with Crippen molar-refractivity contribution in [1.82, 2.24) is 5.53 Å². The summed E-state index contributed by atoms with van der Waals surface area (Å²) in [5.41, 5.74) is 13.6. The summed E-state index contributed by atoms with van der Waals surface area (Å²) >= 11 is 0. The van der Waals surface area contributed by atoms with Crippen LogP contribution in [0.25, 0.3) is 22.3 Å². The largest absolute Gasteiger partial charge is 0.455 e. The molecule has 7 nitrogen and oxygen atoms in total. The van der Waals surface area contributed by atoms with Crippen LogP contribution in [0.5, 0.6) is 0 Å². The van der Waals surface area contributed by atoms with Crippen molar-refractivity contribution in [2.24, 2.45) is 16.7 Å². The number of fused-ring (bicyclic) bond motifs is 1. The van der Waals surface area contributed by atoms with Crippen molar-refractivity contribution >= 4 is 22.5 Å². The molecule has 0 amide bonds. The number of anilines is 1. The van der Waals surface area contributed by atoms with Crippen molar-refractivity contribution in [1.29, 1.82) is 0 Å². The first-order chi connectivity index (χ1) is 15.9. The minimum absolute atomic E-state index is 0.0296. The molecule has 0 aliphatic carbocycles. The SMILES string of the molecule is Cc1cc(C(C)Nc2ccccc2/C(N)=N/NN)c2oc(-c3ccccc3)c(C)c(=O)c2c1. The molecule has 0 bridgehead atoms. The van der Waals surface area contributed by atoms with Gasteiger partial charge in [0.05, 0.1) is 11.4 Å². The number of hydrazone groups is 1. The average molecular weight is 442 g/mol. The minimum atomic E-state index is -0.193. The van der Waals surface area contributed by atoms with E-state index in [4.69, 9.17) is 16.0 Å². The molecule has 0 aliphatic rings. The zero-order valence-corrected chi connectivity index (χ0v) is 18.8. The number of nitrogens with zero attached hydrogens (tertiary/aromatic N) is 1. The molecule has 0 fully saturated rings. The molecule has 4 rings (SSSR count). The summed E-state index contributed by atoms with van der Waals surface area (Å²) in [6.07, 6.45) is 0. The molecule has 7 heteroatoms. The Morgan fingerprint density at radius 1 is 1.03 bits per heavy atom. The normalized spacial score (nSPS) is 12.5. The number of hydrogen-bond acceptors (Lipinski definition) is 6. The zero-order chi connectivity index (χ0) is 23.5. The summed E-state index contributed by atoms with van der Waals surface area (Å²) in [6, 6.07) is 21.0. The fourth-order valence-electron chi connectivity index (χ4n) is 4.03. The van der Waals surface area contributed by atoms with Crippen LogP contribution in [-0.4, -0.2) is 5.84 Å². The van der Waals surface area contributed by atoms with E-state index in [2.05, 4.69) is 16.0 Å². The van der Waals surface area contributed by atoms with Gasteiger partial charge in [-0.3, -0.25) is 4.79 Å². The van der Waals surface area contributed by atoms with Gasteiger partial charge >= 0.3 is 0 Å². The molecule has 0 saturated heterocycles. The molecular formula is C26H27N5O2. The molecule has 1 aromatic heterocycles. The monoisotopic (exact) mass is 441 g/mol. The van der Waals surface area contributed by atoms with Gasteiger partial charge in [-0.1, -0.05) is 48.5 Å². The lowest BCUT2D eigenvalue weighted by Crippen LogP contribution is -2.24. The molecule has 0 saturated carbocycles. The van der Waals surface area contributed by atoms with Crippen molar-refractivity contribution in [3.8, 4) is 11.3 Å². The Balaban J connectivity index is 1.86. The summed E-state index contributed by atoms with van der Waals surface area (Å²) < 4.78 is 6.41. The van der Waals surface area contributed by atoms with E-state index in [0.29, 0.717) is 27.9 Å². The molecule has 1 atom stereocenters. The smallest absolute Gasteiger partial charge is 0.196 e. The van der Waals surface area contributed by atoms with Crippen LogP contribution >= 0.6 is 0 Å². The lowest BCUT2D eigenvalue weighted by atomic mass is 9.98. The van der Waals surface area contributed by atoms with Gasteiger partial charge in [-0.25, -0.2) is 11.4 Å². The van der Waals surface area contributed by atoms with Crippen LogP contribution in [0.15, 0.2) is 81.0 Å². The predicted octanol–water partition coefficient (Wildman–Crippen LogP) is 4.33. The molecule has 1 heterocycles. The van der Waals surface area contributed by atoms with E-state index >= 15 is 0 Å². The Kier molecular flexibility index (Phi) is 6.15. The maximum Gasteiger partial charge on any atom is 0.196 e. The summed E-state index contributed by atoms with van der Waals surface area (Å²) in [6.45, 7) is 5.80. The quantitative estimate of drug-likeness (QED) is 0.153. The Bertz CT molecular complexity index is 1390. The van der Waals surface area contributed by atoms with Crippen molar-refractivity contribution in [3.63, 3.8) is 0 Å². The molecule has 4 aromatic rings. The maximum atomic E-state index is 13.3. The fourth-order valence-corrected chi connectivity index (χ4v) is 4.03. The highest BCUT2D eigenvalue weighted by atomic mass is 16.3. The number of rotatable bonds is 6. The van der Waals surface area contributed by atoms with E-state index in [9.17, 15) is 4.79 Å². The van der Waals surface area contributed by atoms with Crippen molar-refractivity contribution in [3.05, 3.63) is 99.2 Å². The summed E-state index contributed by atoms with van der Waals surface area (Å²) in [5, 5.41) is 7.94. The van der Waals surface area contributed by atoms with E-state index in [-0.39, 0.29) is 17.3 Å². The number of aryl methyl sites for hydroxylation is 1. The second-order valence-electron chi connectivity index (χ2n) is 8.02. The number of nitrogens with one attached hydrogen (secondary N) is 2. The van der Waals surface area contributed by atoms with Crippen LogP contribution in [-0.2, 0) is 0 Å². The van der Waals surface area contributed by atoms with Gasteiger partial charge in [-0.2, -0.15) is 0 Å². The molecule has 6 N–H and O–H groups in total. The van der Waals surface area contributed by atoms with Gasteiger partial charge in [-0.05, 0) is 44.5 Å². The molecular weight excluding hydrogens is 414 g/mol. The Labute approximate surface area is 192 Å². The molecule has 168 valence electrons. The predicted molar refractivity (Wildman–Crippen MR) is 134 cm³/mol. The first-order valence-electron chi connectivity index (χ1n) is 10.7. The third-order valence-electron chi connectivity index (χ3n) is 5.65. The molecule has 0 spiro atoms. The third-order valence-corrected chi connectivity index (χ3v) is 5.65. The minimum Gasteiger partial charge on any atom is -0.455 e. The number of hydrazine groups is 1. The van der Waals surface area contributed by atoms with Gasteiger partial charge in [-0.15, -0.1) is 5.10 Å². The third kappa shape index (κ3) is 4.31. The van der Waals surface area contributed by atoms with Gasteiger partial charge in [0.1, 0.15) is 11.3 Å². The highest BCUT2D eigenvalue weighted by Gasteiger charge is 2.19. The van der Waals surface area contributed by atoms with Crippen molar-refractivity contribution < 1.29 is 4.42 Å². The number of nitrogens with two attached hydrogens (primary N) is 2. The molecule has 33 heavy (non-hydrogen) atoms. The highest BCUT2D eigenvalue weighted by Crippen LogP contribution is 2.32. The van der Waals surface area contributed by atoms with Gasteiger partial charge < -0.3 is 15.5 Å². The van der Waals surface area contributed by atoms with Crippen LogP contribution in [0.3, 0.4) is 0 Å². The van der Waals surface area contributed by atoms with E-state index < -0.39 is 0 Å². The number of hydrogen-bond donors (Lipinski definition) is 4. The average Bonchev–Trinajstić information content (AvgIpc) is 2.82. The molecule has 0 aliphatic heterocycles. The lowest BCUT2D eigenvalue weighted by Gasteiger charge is -2.20. The van der Waals surface area contributed by atoms with E-state index in [1.807, 2.05) is 80.6 Å². The first-order valence-corrected chi connectivity index (χ1v) is 10.7. The molecule has 1 unspecified atom stereocenters. The Morgan fingerprint density at radius 2 is 1.73 bits per heavy atom. The molecule has 3 aromatic carbocycles. The molecule has 0 radical (unpaired) electrons. The summed E-state index contributed by atoms with van der Waals surface area (Å²) in [7, 11) is 0. The van der Waals surface area contributed by atoms with Crippen LogP contribution in [0, 0.1) is 13.8 Å². The van der Waals surface area contributed by atoms with Gasteiger partial charge in [0.15, 0.2) is 11.3 Å². The lowest BCUT2D eigenvalue weighted by molar-refractivity contribution is 0.605. The number of amidine groups is 1. The first kappa shape index (κ1) is 22.1. The fraction of sp³-hybridized carbons (Fsp3) is 0.154. The standard InChI is InChI=1S/C26H27N5O2/c1-15-13-20(17(3)29-22-12-8-7-11-19(22)26(27)30-31-28)25-21(14-15)23(32)16(2)24(33-25)18-9-5-4-6-10-18/h4-14,17,29,31H,28H2,1-3H3,(H2,27,30). The van der Waals surface area contributed by atoms with E-state index in [1.54, 1.807) is 6.92 Å². The van der Waals surface area contributed by atoms with Gasteiger partial charge in [0, 0.05) is 27.9 Å². The van der Waals surface area contributed by atoms with Crippen LogP contribution in [0.4, 0.5) is 5.69 Å². The summed E-state index contributed by atoms with van der Waals surface area (Å²) in [5.74, 6) is 6.14. The van der Waals surface area contributed by atoms with Crippen molar-refractivity contribution in [2.75, 3.05) is 5.32 Å². The zero-order valence-electron chi connectivity index (χ0n) is 18.8. The van der Waals surface area contributed by atoms with Gasteiger partial charge in [0.25, 0.3) is 0 Å². The van der Waals surface area contributed by atoms with Gasteiger partial charge in [0.2, 0.25) is 0 Å². The number of benzene rings is 3. The highest BCUT2D eigenvalue weighted by molar-refractivity contribution is 6.02. The number of para-hydroxylation sites is 1. The summed E-state index contributed by atoms with van der Waals surface area (Å²) in [4.78, 5) is 13.3. The van der Waals surface area contributed by atoms with Crippen LogP contribution < -0.4 is 27.9 Å². The Morgan fingerprint density at radius 3 is 2.45 bits per heavy atom. The second-order valence-corrected chi connectivity index (χ2v) is 8.02. The van der Waals surface area contributed by atoms with Crippen molar-refractivity contribution in [2.45, 2.75) is 26.8 Å². The van der Waals surface area contributed by atoms with Crippen LogP contribution in [0.2, 0.25) is 0 Å². The van der Waals surface area contributed by atoms with E-state index in [1.165, 1.54) is 0 Å². The van der Waals surface area contributed by atoms with Crippen LogP contribution in [0.1, 0.15) is 35.2 Å².